The number of hydrogen-bond acceptors (Lipinski definition) is 8. The van der Waals surface area contributed by atoms with Gasteiger partial charge >= 0.3 is 0 Å². The summed E-state index contributed by atoms with van der Waals surface area (Å²) in [6.45, 7) is 4.94. The van der Waals surface area contributed by atoms with Crippen LogP contribution in [0.25, 0.3) is 22.4 Å². The number of aromatic nitrogens is 5. The summed E-state index contributed by atoms with van der Waals surface area (Å²) in [5.74, 6) is 0.665. The summed E-state index contributed by atoms with van der Waals surface area (Å²) < 4.78 is 13.4. The fraction of sp³-hybridized carbons (Fsp3) is 0.450. The second-order valence-electron chi connectivity index (χ2n) is 7.05. The van der Waals surface area contributed by atoms with Gasteiger partial charge in [-0.25, -0.2) is 15.0 Å². The van der Waals surface area contributed by atoms with Crippen LogP contribution in [0.15, 0.2) is 18.6 Å². The van der Waals surface area contributed by atoms with Gasteiger partial charge in [-0.3, -0.25) is 0 Å². The van der Waals surface area contributed by atoms with Crippen molar-refractivity contribution in [3.8, 4) is 23.2 Å². The molecule has 3 aromatic heterocycles. The number of nitriles is 1. The van der Waals surface area contributed by atoms with E-state index in [0.29, 0.717) is 42.1 Å². The topological polar surface area (TPSA) is 111 Å². The standard InChI is InChI=1S/C20H23N7O2/c1-13-9-14(17-18-19(27(2)12-24-18)26-16(10-21)25-17)11-23-20(13)29-8-7-28-15-3-5-22-6-4-15/h9,11-12,15,22H,3-8H2,1-2H3. The smallest absolute Gasteiger partial charge is 0.234 e. The maximum Gasteiger partial charge on any atom is 0.234 e. The van der Waals surface area contributed by atoms with E-state index in [-0.39, 0.29) is 5.82 Å². The number of hydrogen-bond donors (Lipinski definition) is 1. The molecule has 0 aliphatic carbocycles. The highest BCUT2D eigenvalue weighted by Gasteiger charge is 2.16. The molecule has 0 saturated carbocycles. The Morgan fingerprint density at radius 1 is 1.24 bits per heavy atom. The minimum Gasteiger partial charge on any atom is -0.475 e. The molecule has 4 heterocycles. The zero-order valence-corrected chi connectivity index (χ0v) is 16.6. The van der Waals surface area contributed by atoms with Gasteiger partial charge in [-0.2, -0.15) is 10.2 Å². The van der Waals surface area contributed by atoms with Crippen LogP contribution in [-0.4, -0.2) is 56.9 Å². The van der Waals surface area contributed by atoms with Crippen LogP contribution in [0.5, 0.6) is 5.88 Å². The molecule has 0 spiro atoms. The lowest BCUT2D eigenvalue weighted by Crippen LogP contribution is -2.33. The molecule has 4 rings (SSSR count). The molecule has 29 heavy (non-hydrogen) atoms. The Labute approximate surface area is 168 Å². The quantitative estimate of drug-likeness (QED) is 0.631. The summed E-state index contributed by atoms with van der Waals surface area (Å²) in [7, 11) is 1.83. The van der Waals surface area contributed by atoms with Gasteiger partial charge in [0.1, 0.15) is 23.9 Å². The first-order valence-electron chi connectivity index (χ1n) is 9.67. The molecule has 1 saturated heterocycles. The molecular weight excluding hydrogens is 370 g/mol. The van der Waals surface area contributed by atoms with Gasteiger partial charge < -0.3 is 19.4 Å². The van der Waals surface area contributed by atoms with Crippen molar-refractivity contribution >= 4 is 11.2 Å². The lowest BCUT2D eigenvalue weighted by Gasteiger charge is -2.22. The number of fused-ring (bicyclic) bond motifs is 1. The van der Waals surface area contributed by atoms with Crippen molar-refractivity contribution in [3.05, 3.63) is 30.0 Å². The van der Waals surface area contributed by atoms with Gasteiger partial charge in [-0.05, 0) is 38.9 Å². The second-order valence-corrected chi connectivity index (χ2v) is 7.05. The Morgan fingerprint density at radius 3 is 2.83 bits per heavy atom. The van der Waals surface area contributed by atoms with Gasteiger partial charge in [-0.15, -0.1) is 0 Å². The monoisotopic (exact) mass is 393 g/mol. The minimum atomic E-state index is 0.101. The first-order valence-corrected chi connectivity index (χ1v) is 9.67. The molecule has 3 aromatic rings. The fourth-order valence-electron chi connectivity index (χ4n) is 3.42. The molecule has 1 N–H and O–H groups in total. The van der Waals surface area contributed by atoms with E-state index in [4.69, 9.17) is 9.47 Å². The molecule has 0 radical (unpaired) electrons. The minimum absolute atomic E-state index is 0.101. The van der Waals surface area contributed by atoms with Crippen LogP contribution < -0.4 is 10.1 Å². The summed E-state index contributed by atoms with van der Waals surface area (Å²) in [5, 5.41) is 12.6. The Balaban J connectivity index is 1.47. The summed E-state index contributed by atoms with van der Waals surface area (Å²) in [6.07, 6.45) is 5.73. The third-order valence-corrected chi connectivity index (χ3v) is 4.93. The number of pyridine rings is 1. The van der Waals surface area contributed by atoms with Gasteiger partial charge in [0.2, 0.25) is 11.7 Å². The van der Waals surface area contributed by atoms with Crippen molar-refractivity contribution in [1.29, 1.82) is 5.26 Å². The molecule has 9 heteroatoms. The molecule has 1 aliphatic rings. The molecule has 0 amide bonds. The molecule has 1 aliphatic heterocycles. The average molecular weight is 393 g/mol. The molecule has 150 valence electrons. The maximum atomic E-state index is 9.25. The zero-order chi connectivity index (χ0) is 20.2. The normalized spacial score (nSPS) is 14.8. The number of piperidine rings is 1. The average Bonchev–Trinajstić information content (AvgIpc) is 3.13. The molecule has 0 unspecified atom stereocenters. The number of imidazole rings is 1. The van der Waals surface area contributed by atoms with Crippen LogP contribution in [0.2, 0.25) is 0 Å². The van der Waals surface area contributed by atoms with E-state index in [1.54, 1.807) is 17.1 Å². The van der Waals surface area contributed by atoms with Crippen molar-refractivity contribution < 1.29 is 9.47 Å². The molecule has 1 fully saturated rings. The van der Waals surface area contributed by atoms with Crippen molar-refractivity contribution in [2.75, 3.05) is 26.3 Å². The molecule has 0 bridgehead atoms. The van der Waals surface area contributed by atoms with Crippen molar-refractivity contribution in [3.63, 3.8) is 0 Å². The van der Waals surface area contributed by atoms with Crippen LogP contribution in [0, 0.1) is 18.3 Å². The number of ether oxygens (including phenoxy) is 2. The SMILES string of the molecule is Cc1cc(-c2nc(C#N)nc3c2ncn3C)cnc1OCCOC1CCNCC1. The second kappa shape index (κ2) is 8.51. The van der Waals surface area contributed by atoms with Crippen molar-refractivity contribution in [1.82, 2.24) is 29.8 Å². The first-order chi connectivity index (χ1) is 14.2. The van der Waals surface area contributed by atoms with Crippen LogP contribution in [-0.2, 0) is 11.8 Å². The predicted octanol–water partition coefficient (Wildman–Crippen LogP) is 1.75. The lowest BCUT2D eigenvalue weighted by molar-refractivity contribution is 0.0161. The van der Waals surface area contributed by atoms with Crippen LogP contribution in [0.4, 0.5) is 0 Å². The highest BCUT2D eigenvalue weighted by Crippen LogP contribution is 2.27. The maximum absolute atomic E-state index is 9.25. The van der Waals surface area contributed by atoms with E-state index in [1.165, 1.54) is 0 Å². The van der Waals surface area contributed by atoms with E-state index < -0.39 is 0 Å². The van der Waals surface area contributed by atoms with Gasteiger partial charge in [0, 0.05) is 24.4 Å². The highest BCUT2D eigenvalue weighted by atomic mass is 16.5. The van der Waals surface area contributed by atoms with E-state index in [9.17, 15) is 5.26 Å². The molecule has 0 aromatic carbocycles. The Morgan fingerprint density at radius 2 is 2.07 bits per heavy atom. The Kier molecular flexibility index (Phi) is 5.64. The van der Waals surface area contributed by atoms with Gasteiger partial charge in [-0.1, -0.05) is 0 Å². The zero-order valence-electron chi connectivity index (χ0n) is 16.6. The molecule has 0 atom stereocenters. The number of nitrogens with zero attached hydrogens (tertiary/aromatic N) is 6. The van der Waals surface area contributed by atoms with Crippen molar-refractivity contribution in [2.45, 2.75) is 25.9 Å². The van der Waals surface area contributed by atoms with Crippen LogP contribution >= 0.6 is 0 Å². The van der Waals surface area contributed by atoms with E-state index >= 15 is 0 Å². The van der Waals surface area contributed by atoms with Crippen LogP contribution in [0.3, 0.4) is 0 Å². The highest BCUT2D eigenvalue weighted by molar-refractivity contribution is 5.87. The Bertz CT molecular complexity index is 1050. The summed E-state index contributed by atoms with van der Waals surface area (Å²) in [5.41, 5.74) is 3.48. The fourth-order valence-corrected chi connectivity index (χ4v) is 3.42. The van der Waals surface area contributed by atoms with Gasteiger partial charge in [0.05, 0.1) is 19.0 Å². The predicted molar refractivity (Wildman–Crippen MR) is 106 cm³/mol. The van der Waals surface area contributed by atoms with E-state index in [0.717, 1.165) is 37.1 Å². The van der Waals surface area contributed by atoms with Crippen molar-refractivity contribution in [2.24, 2.45) is 7.05 Å². The number of nitrogens with one attached hydrogen (secondary N) is 1. The summed E-state index contributed by atoms with van der Waals surface area (Å²) in [4.78, 5) is 17.4. The third kappa shape index (κ3) is 4.18. The number of rotatable bonds is 6. The Hall–Kier alpha value is -3.09. The largest absolute Gasteiger partial charge is 0.475 e. The molecule has 9 nitrogen and oxygen atoms in total. The van der Waals surface area contributed by atoms with E-state index in [2.05, 4.69) is 25.3 Å². The van der Waals surface area contributed by atoms with Gasteiger partial charge in [0.25, 0.3) is 0 Å². The molecular formula is C20H23N7O2. The summed E-state index contributed by atoms with van der Waals surface area (Å²) >= 11 is 0. The summed E-state index contributed by atoms with van der Waals surface area (Å²) in [6, 6.07) is 3.95. The third-order valence-electron chi connectivity index (χ3n) is 4.93. The van der Waals surface area contributed by atoms with E-state index in [1.807, 2.05) is 26.1 Å². The number of aryl methyl sites for hydroxylation is 2. The van der Waals surface area contributed by atoms with Gasteiger partial charge in [0.15, 0.2) is 5.65 Å². The lowest BCUT2D eigenvalue weighted by atomic mass is 10.1. The van der Waals surface area contributed by atoms with Crippen LogP contribution in [0.1, 0.15) is 24.2 Å². The first kappa shape index (κ1) is 19.2.